The molecule has 5 heterocycles. The molecular weight excluding hydrogens is 364 g/mol. The number of rotatable bonds is 4. The maximum absolute atomic E-state index is 12.6. The van der Waals surface area contributed by atoms with Crippen LogP contribution in [0.25, 0.3) is 22.2 Å². The van der Waals surface area contributed by atoms with Crippen molar-refractivity contribution in [2.45, 2.75) is 19.5 Å². The molecule has 0 radical (unpaired) electrons. The third kappa shape index (κ3) is 3.13. The molecule has 0 bridgehead atoms. The van der Waals surface area contributed by atoms with Gasteiger partial charge in [-0.15, -0.1) is 11.3 Å². The van der Waals surface area contributed by atoms with Gasteiger partial charge in [0.2, 0.25) is 5.76 Å². The molecule has 0 fully saturated rings. The van der Waals surface area contributed by atoms with Crippen LogP contribution in [0.2, 0.25) is 0 Å². The number of aromatic nitrogens is 3. The molecule has 27 heavy (non-hydrogen) atoms. The molecule has 0 spiro atoms. The summed E-state index contributed by atoms with van der Waals surface area (Å²) in [5.41, 5.74) is 2.36. The fourth-order valence-corrected chi connectivity index (χ4v) is 3.97. The molecular formula is C19H16N4O3S. The molecule has 4 aromatic rings. The molecule has 8 heteroatoms. The SMILES string of the molecule is O=c1[nH]c(-c2cccs2)nc2c1CN(Cc1cc(-c3ccco3)on1)CC2. The van der Waals surface area contributed by atoms with Crippen molar-refractivity contribution in [3.05, 3.63) is 69.3 Å². The van der Waals surface area contributed by atoms with Gasteiger partial charge in [0, 0.05) is 32.1 Å². The Morgan fingerprint density at radius 1 is 1.26 bits per heavy atom. The summed E-state index contributed by atoms with van der Waals surface area (Å²) in [4.78, 5) is 23.3. The van der Waals surface area contributed by atoms with E-state index in [1.165, 1.54) is 0 Å². The number of aromatic amines is 1. The van der Waals surface area contributed by atoms with Gasteiger partial charge in [0.1, 0.15) is 0 Å². The van der Waals surface area contributed by atoms with E-state index >= 15 is 0 Å². The molecule has 1 aliphatic heterocycles. The van der Waals surface area contributed by atoms with Gasteiger partial charge in [-0.05, 0) is 23.6 Å². The smallest absolute Gasteiger partial charge is 0.255 e. The van der Waals surface area contributed by atoms with Crippen molar-refractivity contribution in [2.75, 3.05) is 6.54 Å². The first kappa shape index (κ1) is 16.2. The minimum atomic E-state index is -0.0653. The van der Waals surface area contributed by atoms with E-state index in [-0.39, 0.29) is 5.56 Å². The molecule has 0 aromatic carbocycles. The number of thiophene rings is 1. The Kier molecular flexibility index (Phi) is 3.99. The lowest BCUT2D eigenvalue weighted by atomic mass is 10.1. The normalized spacial score (nSPS) is 14.4. The Hall–Kier alpha value is -2.97. The third-order valence-electron chi connectivity index (χ3n) is 4.61. The van der Waals surface area contributed by atoms with Crippen molar-refractivity contribution < 1.29 is 8.94 Å². The zero-order valence-electron chi connectivity index (χ0n) is 14.3. The van der Waals surface area contributed by atoms with Gasteiger partial charge in [-0.1, -0.05) is 11.2 Å². The first-order valence-electron chi connectivity index (χ1n) is 8.64. The number of nitrogens with zero attached hydrogens (tertiary/aromatic N) is 3. The molecule has 0 saturated carbocycles. The molecule has 136 valence electrons. The van der Waals surface area contributed by atoms with Crippen LogP contribution in [-0.4, -0.2) is 26.6 Å². The van der Waals surface area contributed by atoms with E-state index in [4.69, 9.17) is 8.94 Å². The summed E-state index contributed by atoms with van der Waals surface area (Å²) < 4.78 is 10.7. The zero-order valence-corrected chi connectivity index (χ0v) is 15.2. The summed E-state index contributed by atoms with van der Waals surface area (Å²) >= 11 is 1.57. The molecule has 0 unspecified atom stereocenters. The average Bonchev–Trinajstić information content (AvgIpc) is 3.44. The highest BCUT2D eigenvalue weighted by molar-refractivity contribution is 7.13. The predicted octanol–water partition coefficient (Wildman–Crippen LogP) is 3.30. The Bertz CT molecular complexity index is 1110. The number of nitrogens with one attached hydrogen (secondary N) is 1. The van der Waals surface area contributed by atoms with Crippen molar-refractivity contribution in [3.63, 3.8) is 0 Å². The van der Waals surface area contributed by atoms with Crippen molar-refractivity contribution in [1.82, 2.24) is 20.0 Å². The van der Waals surface area contributed by atoms with Crippen LogP contribution < -0.4 is 5.56 Å². The molecule has 1 aliphatic rings. The van der Waals surface area contributed by atoms with Crippen LogP contribution in [0.5, 0.6) is 0 Å². The third-order valence-corrected chi connectivity index (χ3v) is 5.49. The van der Waals surface area contributed by atoms with Crippen LogP contribution in [0.3, 0.4) is 0 Å². The summed E-state index contributed by atoms with van der Waals surface area (Å²) in [6.07, 6.45) is 2.34. The van der Waals surface area contributed by atoms with Gasteiger partial charge in [-0.2, -0.15) is 0 Å². The lowest BCUT2D eigenvalue weighted by Crippen LogP contribution is -2.35. The monoisotopic (exact) mass is 380 g/mol. The Morgan fingerprint density at radius 3 is 3.04 bits per heavy atom. The van der Waals surface area contributed by atoms with Gasteiger partial charge in [0.15, 0.2) is 11.6 Å². The van der Waals surface area contributed by atoms with Crippen LogP contribution in [-0.2, 0) is 19.5 Å². The van der Waals surface area contributed by atoms with Crippen molar-refractivity contribution in [3.8, 4) is 22.2 Å². The van der Waals surface area contributed by atoms with Crippen LogP contribution in [0.15, 0.2) is 55.7 Å². The Labute approximate surface area is 158 Å². The van der Waals surface area contributed by atoms with Gasteiger partial charge in [0.05, 0.1) is 28.1 Å². The van der Waals surface area contributed by atoms with Gasteiger partial charge >= 0.3 is 0 Å². The van der Waals surface area contributed by atoms with Crippen LogP contribution in [0, 0.1) is 0 Å². The maximum Gasteiger partial charge on any atom is 0.255 e. The van der Waals surface area contributed by atoms with E-state index in [0.29, 0.717) is 30.4 Å². The maximum atomic E-state index is 12.6. The topological polar surface area (TPSA) is 88.2 Å². The standard InChI is InChI=1S/C19H16N4O3S/c24-19-13-11-23(10-12-9-16(26-22-12)15-3-1-7-25-15)6-5-14(13)20-18(21-19)17-4-2-8-27-17/h1-4,7-9H,5-6,10-11H2,(H,20,21,24). The fraction of sp³-hybridized carbons (Fsp3) is 0.211. The van der Waals surface area contributed by atoms with Gasteiger partial charge in [0.25, 0.3) is 5.56 Å². The van der Waals surface area contributed by atoms with E-state index in [2.05, 4.69) is 20.0 Å². The van der Waals surface area contributed by atoms with E-state index < -0.39 is 0 Å². The Balaban J connectivity index is 1.35. The van der Waals surface area contributed by atoms with E-state index in [1.807, 2.05) is 35.7 Å². The average molecular weight is 380 g/mol. The molecule has 7 nitrogen and oxygen atoms in total. The number of H-pyrrole nitrogens is 1. The number of furan rings is 1. The summed E-state index contributed by atoms with van der Waals surface area (Å²) in [5.74, 6) is 1.91. The molecule has 0 aliphatic carbocycles. The lowest BCUT2D eigenvalue weighted by molar-refractivity contribution is 0.234. The van der Waals surface area contributed by atoms with Crippen LogP contribution >= 0.6 is 11.3 Å². The first-order valence-corrected chi connectivity index (χ1v) is 9.52. The molecule has 0 saturated heterocycles. The molecule has 4 aromatic heterocycles. The minimum absolute atomic E-state index is 0.0653. The zero-order chi connectivity index (χ0) is 18.2. The van der Waals surface area contributed by atoms with Crippen molar-refractivity contribution >= 4 is 11.3 Å². The highest BCUT2D eigenvalue weighted by Gasteiger charge is 2.23. The van der Waals surface area contributed by atoms with Gasteiger partial charge < -0.3 is 13.9 Å². The number of fused-ring (bicyclic) bond motifs is 1. The quantitative estimate of drug-likeness (QED) is 0.584. The highest BCUT2D eigenvalue weighted by atomic mass is 32.1. The first-order chi connectivity index (χ1) is 13.3. The molecule has 1 N–H and O–H groups in total. The van der Waals surface area contributed by atoms with Gasteiger partial charge in [-0.25, -0.2) is 4.98 Å². The van der Waals surface area contributed by atoms with E-state index in [1.54, 1.807) is 17.6 Å². The Morgan fingerprint density at radius 2 is 2.22 bits per heavy atom. The molecule has 0 amide bonds. The van der Waals surface area contributed by atoms with Crippen LogP contribution in [0.1, 0.15) is 17.0 Å². The summed E-state index contributed by atoms with van der Waals surface area (Å²) in [6, 6.07) is 9.43. The number of hydrogen-bond acceptors (Lipinski definition) is 7. The second kappa shape index (κ2) is 6.64. The predicted molar refractivity (Wildman–Crippen MR) is 100 cm³/mol. The molecule has 5 rings (SSSR count). The van der Waals surface area contributed by atoms with Crippen LogP contribution in [0.4, 0.5) is 0 Å². The van der Waals surface area contributed by atoms with Crippen molar-refractivity contribution in [2.24, 2.45) is 0 Å². The minimum Gasteiger partial charge on any atom is -0.461 e. The summed E-state index contributed by atoms with van der Waals surface area (Å²) in [5, 5.41) is 6.09. The van der Waals surface area contributed by atoms with E-state index in [0.717, 1.165) is 34.8 Å². The summed E-state index contributed by atoms with van der Waals surface area (Å²) in [7, 11) is 0. The highest BCUT2D eigenvalue weighted by Crippen LogP contribution is 2.24. The summed E-state index contributed by atoms with van der Waals surface area (Å²) in [6.45, 7) is 1.97. The van der Waals surface area contributed by atoms with Gasteiger partial charge in [-0.3, -0.25) is 9.69 Å². The second-order valence-electron chi connectivity index (χ2n) is 6.44. The van der Waals surface area contributed by atoms with E-state index in [9.17, 15) is 4.79 Å². The fourth-order valence-electron chi connectivity index (χ4n) is 3.30. The van der Waals surface area contributed by atoms with Crippen molar-refractivity contribution in [1.29, 1.82) is 0 Å². The number of hydrogen-bond donors (Lipinski definition) is 1. The molecule has 0 atom stereocenters. The largest absolute Gasteiger partial charge is 0.461 e. The lowest BCUT2D eigenvalue weighted by Gasteiger charge is -2.26. The second-order valence-corrected chi connectivity index (χ2v) is 7.39.